The molecule has 8 nitrogen and oxygen atoms in total. The minimum atomic E-state index is -0.297. The van der Waals surface area contributed by atoms with Gasteiger partial charge in [-0.05, 0) is 6.07 Å². The van der Waals surface area contributed by atoms with Crippen LogP contribution in [-0.2, 0) is 20.8 Å². The van der Waals surface area contributed by atoms with E-state index in [4.69, 9.17) is 9.47 Å². The van der Waals surface area contributed by atoms with Crippen LogP contribution in [0.4, 0.5) is 5.82 Å². The summed E-state index contributed by atoms with van der Waals surface area (Å²) in [6, 6.07) is 3.10. The number of carbonyl (C=O) groups is 1. The van der Waals surface area contributed by atoms with E-state index in [-0.39, 0.29) is 18.0 Å². The number of carbonyl (C=O) groups excluding carboxylic acids is 1. The van der Waals surface area contributed by atoms with Crippen molar-refractivity contribution in [3.8, 4) is 0 Å². The number of nitrogens with zero attached hydrogens (tertiary/aromatic N) is 3. The van der Waals surface area contributed by atoms with Crippen LogP contribution in [0.25, 0.3) is 0 Å². The summed E-state index contributed by atoms with van der Waals surface area (Å²) >= 11 is 0. The van der Waals surface area contributed by atoms with E-state index in [0.717, 1.165) is 13.1 Å². The molecule has 1 aliphatic rings. The highest BCUT2D eigenvalue weighted by molar-refractivity contribution is 5.75. The Hall–Kier alpha value is -1.93. The molecule has 1 aromatic heterocycles. The highest BCUT2D eigenvalue weighted by Crippen LogP contribution is 2.09. The Morgan fingerprint density at radius 1 is 1.43 bits per heavy atom. The molecule has 0 bridgehead atoms. The van der Waals surface area contributed by atoms with Gasteiger partial charge >= 0.3 is 0 Å². The predicted octanol–water partition coefficient (Wildman–Crippen LogP) is -1.16. The van der Waals surface area contributed by atoms with Gasteiger partial charge in [0.1, 0.15) is 12.4 Å². The molecule has 2 heterocycles. The van der Waals surface area contributed by atoms with Crippen LogP contribution in [-0.4, -0.2) is 62.3 Å². The Labute approximate surface area is 122 Å². The lowest BCUT2D eigenvalue weighted by Crippen LogP contribution is -2.39. The average molecular weight is 296 g/mol. The third-order valence-electron chi connectivity index (χ3n) is 3.11. The first-order valence-electron chi connectivity index (χ1n) is 6.87. The molecule has 2 rings (SSSR count). The van der Waals surface area contributed by atoms with Gasteiger partial charge in [0.25, 0.3) is 5.56 Å². The summed E-state index contributed by atoms with van der Waals surface area (Å²) in [5, 5.41) is 6.91. The number of nitrogens with one attached hydrogen (secondary N) is 1. The van der Waals surface area contributed by atoms with Crippen molar-refractivity contribution in [2.45, 2.75) is 6.54 Å². The smallest absolute Gasteiger partial charge is 0.267 e. The molecule has 8 heteroatoms. The van der Waals surface area contributed by atoms with Gasteiger partial charge < -0.3 is 19.7 Å². The topological polar surface area (TPSA) is 85.7 Å². The summed E-state index contributed by atoms with van der Waals surface area (Å²) in [6.45, 7) is 3.48. The van der Waals surface area contributed by atoms with Gasteiger partial charge in [0.05, 0.1) is 19.8 Å². The molecule has 0 aromatic carbocycles. The largest absolute Gasteiger partial charge is 0.383 e. The van der Waals surface area contributed by atoms with Crippen LogP contribution >= 0.6 is 0 Å². The number of methoxy groups -OCH3 is 1. The summed E-state index contributed by atoms with van der Waals surface area (Å²) in [5.41, 5.74) is -0.297. The summed E-state index contributed by atoms with van der Waals surface area (Å²) < 4.78 is 11.3. The molecule has 0 saturated carbocycles. The molecule has 0 spiro atoms. The quantitative estimate of drug-likeness (QED) is 0.667. The van der Waals surface area contributed by atoms with Gasteiger partial charge in [-0.25, -0.2) is 4.68 Å². The van der Waals surface area contributed by atoms with Crippen LogP contribution in [0.5, 0.6) is 0 Å². The second-order valence-electron chi connectivity index (χ2n) is 4.63. The molecule has 0 radical (unpaired) electrons. The van der Waals surface area contributed by atoms with Gasteiger partial charge in [-0.15, -0.1) is 0 Å². The predicted molar refractivity (Wildman–Crippen MR) is 76.4 cm³/mol. The van der Waals surface area contributed by atoms with E-state index in [9.17, 15) is 9.59 Å². The molecule has 1 N–H and O–H groups in total. The zero-order valence-corrected chi connectivity index (χ0v) is 12.1. The van der Waals surface area contributed by atoms with Crippen LogP contribution in [0, 0.1) is 0 Å². The SMILES string of the molecule is COCCNC(=O)Cn1nc(N2CCOCC2)ccc1=O. The van der Waals surface area contributed by atoms with Crippen molar-refractivity contribution in [2.24, 2.45) is 0 Å². The van der Waals surface area contributed by atoms with Gasteiger partial charge in [-0.2, -0.15) is 5.10 Å². The first-order valence-corrected chi connectivity index (χ1v) is 6.87. The number of morpholine rings is 1. The molecular formula is C13H20N4O4. The van der Waals surface area contributed by atoms with E-state index < -0.39 is 0 Å². The Morgan fingerprint density at radius 2 is 2.19 bits per heavy atom. The monoisotopic (exact) mass is 296 g/mol. The zero-order valence-electron chi connectivity index (χ0n) is 12.1. The molecule has 21 heavy (non-hydrogen) atoms. The minimum absolute atomic E-state index is 0.0965. The average Bonchev–Trinajstić information content (AvgIpc) is 2.51. The number of ether oxygens (including phenoxy) is 2. The Balaban J connectivity index is 2.01. The Bertz CT molecular complexity index is 525. The number of hydrogen-bond donors (Lipinski definition) is 1. The zero-order chi connectivity index (χ0) is 15.1. The van der Waals surface area contributed by atoms with Crippen molar-refractivity contribution in [1.82, 2.24) is 15.1 Å². The second kappa shape index (κ2) is 7.75. The minimum Gasteiger partial charge on any atom is -0.383 e. The van der Waals surface area contributed by atoms with Crippen molar-refractivity contribution >= 4 is 11.7 Å². The van der Waals surface area contributed by atoms with Crippen LogP contribution < -0.4 is 15.8 Å². The molecule has 1 aromatic rings. The maximum Gasteiger partial charge on any atom is 0.267 e. The molecule has 1 aliphatic heterocycles. The van der Waals surface area contributed by atoms with Gasteiger partial charge in [0.2, 0.25) is 5.91 Å². The maximum atomic E-state index is 11.8. The molecule has 0 unspecified atom stereocenters. The molecule has 116 valence electrons. The first-order chi connectivity index (χ1) is 10.2. The first kappa shape index (κ1) is 15.5. The maximum absolute atomic E-state index is 11.8. The number of rotatable bonds is 6. The molecule has 1 amide bonds. The van der Waals surface area contributed by atoms with Crippen LogP contribution in [0.1, 0.15) is 0 Å². The normalized spacial score (nSPS) is 15.0. The lowest BCUT2D eigenvalue weighted by atomic mass is 10.4. The fourth-order valence-corrected chi connectivity index (χ4v) is 2.00. The van der Waals surface area contributed by atoms with E-state index in [0.29, 0.717) is 32.2 Å². The summed E-state index contributed by atoms with van der Waals surface area (Å²) in [5.74, 6) is 0.420. The van der Waals surface area contributed by atoms with E-state index in [1.807, 2.05) is 4.90 Å². The van der Waals surface area contributed by atoms with E-state index in [1.165, 1.54) is 10.7 Å². The van der Waals surface area contributed by atoms with Gasteiger partial charge in [0.15, 0.2) is 0 Å². The molecule has 0 atom stereocenters. The van der Waals surface area contributed by atoms with Crippen molar-refractivity contribution in [3.63, 3.8) is 0 Å². The van der Waals surface area contributed by atoms with Gasteiger partial charge in [-0.3, -0.25) is 9.59 Å². The van der Waals surface area contributed by atoms with Crippen LogP contribution in [0.3, 0.4) is 0 Å². The molecule has 1 fully saturated rings. The summed E-state index contributed by atoms with van der Waals surface area (Å²) in [7, 11) is 1.56. The van der Waals surface area contributed by atoms with Crippen LogP contribution in [0.15, 0.2) is 16.9 Å². The fourth-order valence-electron chi connectivity index (χ4n) is 2.00. The molecule has 1 saturated heterocycles. The van der Waals surface area contributed by atoms with E-state index in [2.05, 4.69) is 10.4 Å². The summed E-state index contributed by atoms with van der Waals surface area (Å²) in [6.07, 6.45) is 0. The highest BCUT2D eigenvalue weighted by atomic mass is 16.5. The lowest BCUT2D eigenvalue weighted by molar-refractivity contribution is -0.122. The number of hydrogen-bond acceptors (Lipinski definition) is 6. The van der Waals surface area contributed by atoms with Crippen molar-refractivity contribution in [2.75, 3.05) is 51.5 Å². The van der Waals surface area contributed by atoms with Gasteiger partial charge in [-0.1, -0.05) is 0 Å². The van der Waals surface area contributed by atoms with Gasteiger partial charge in [0, 0.05) is 32.8 Å². The third kappa shape index (κ3) is 4.54. The summed E-state index contributed by atoms with van der Waals surface area (Å²) in [4.78, 5) is 25.5. The van der Waals surface area contributed by atoms with Crippen molar-refractivity contribution in [3.05, 3.63) is 22.5 Å². The second-order valence-corrected chi connectivity index (χ2v) is 4.63. The van der Waals surface area contributed by atoms with E-state index in [1.54, 1.807) is 13.2 Å². The Morgan fingerprint density at radius 3 is 2.90 bits per heavy atom. The highest BCUT2D eigenvalue weighted by Gasteiger charge is 2.14. The van der Waals surface area contributed by atoms with Crippen LogP contribution in [0.2, 0.25) is 0 Å². The number of anilines is 1. The number of amides is 1. The third-order valence-corrected chi connectivity index (χ3v) is 3.11. The van der Waals surface area contributed by atoms with Crippen molar-refractivity contribution in [1.29, 1.82) is 0 Å². The molecule has 0 aliphatic carbocycles. The molecular weight excluding hydrogens is 276 g/mol. The van der Waals surface area contributed by atoms with Crippen molar-refractivity contribution < 1.29 is 14.3 Å². The van der Waals surface area contributed by atoms with E-state index >= 15 is 0 Å². The number of aromatic nitrogens is 2. The fraction of sp³-hybridized carbons (Fsp3) is 0.615. The Kier molecular flexibility index (Phi) is 5.70. The lowest BCUT2D eigenvalue weighted by Gasteiger charge is -2.27. The standard InChI is InChI=1S/C13H20N4O4/c1-20-7-4-14-12(18)10-17-13(19)3-2-11(15-17)16-5-8-21-9-6-16/h2-3H,4-10H2,1H3,(H,14,18).